The van der Waals surface area contributed by atoms with Gasteiger partial charge in [-0.25, -0.2) is 0 Å². The normalized spacial score (nSPS) is 11.5. The highest BCUT2D eigenvalue weighted by atomic mass is 16.5. The molecule has 0 aliphatic heterocycles. The summed E-state index contributed by atoms with van der Waals surface area (Å²) in [6.07, 6.45) is 39.7. The predicted molar refractivity (Wildman–Crippen MR) is 392 cm³/mol. The number of rotatable bonds is 50. The number of unbranched alkanes of at least 4 members (excludes halogenated alkanes) is 10. The molecule has 502 valence electrons. The van der Waals surface area contributed by atoms with Crippen molar-refractivity contribution in [2.24, 2.45) is 0 Å². The van der Waals surface area contributed by atoms with Crippen LogP contribution in [0.1, 0.15) is 253 Å². The number of hydrogen-bond donors (Lipinski definition) is 0. The SMILES string of the molecule is C=Cc1ccc(/C=C/c2ccc(/C=C/c3ccc(/C=C/c4ccc(/C=C/c5ccc(C=C)c(OCCCC)c5OCCCC)c(OCCCC)c4OCCCC)c(OCCCC)c3OCCCC)c(OCCCC)c2OCCCC)c(OCCCC)c1OCCCC. The van der Waals surface area contributed by atoms with Gasteiger partial charge in [0, 0.05) is 55.6 Å². The molecular formula is C82H114O10. The average molecular weight is 1260 g/mol. The highest BCUT2D eigenvalue weighted by molar-refractivity contribution is 5.86. The van der Waals surface area contributed by atoms with Gasteiger partial charge in [-0.2, -0.15) is 0 Å². The van der Waals surface area contributed by atoms with Crippen molar-refractivity contribution in [3.8, 4) is 57.5 Å². The number of benzene rings is 5. The lowest BCUT2D eigenvalue weighted by atomic mass is 10.0. The molecule has 0 aliphatic carbocycles. The van der Waals surface area contributed by atoms with Gasteiger partial charge < -0.3 is 47.4 Å². The molecule has 0 saturated carbocycles. The van der Waals surface area contributed by atoms with Crippen LogP contribution in [0.25, 0.3) is 60.8 Å². The minimum atomic E-state index is 0.533. The highest BCUT2D eigenvalue weighted by Crippen LogP contribution is 2.45. The first-order valence-corrected chi connectivity index (χ1v) is 35.3. The summed E-state index contributed by atoms with van der Waals surface area (Å²) >= 11 is 0. The van der Waals surface area contributed by atoms with E-state index in [1.807, 2.05) is 12.2 Å². The van der Waals surface area contributed by atoms with E-state index in [2.05, 4.69) is 192 Å². The second kappa shape index (κ2) is 44.9. The van der Waals surface area contributed by atoms with E-state index in [9.17, 15) is 0 Å². The molecule has 0 spiro atoms. The van der Waals surface area contributed by atoms with Crippen LogP contribution in [0.4, 0.5) is 0 Å². The molecule has 5 aromatic carbocycles. The van der Waals surface area contributed by atoms with Gasteiger partial charge in [-0.15, -0.1) is 0 Å². The Bertz CT molecular complexity index is 2870. The summed E-state index contributed by atoms with van der Waals surface area (Å²) in [4.78, 5) is 0. The molecule has 0 saturated heterocycles. The summed E-state index contributed by atoms with van der Waals surface area (Å²) in [6, 6.07) is 21.0. The average Bonchev–Trinajstić information content (AvgIpc) is 0.964. The third-order valence-corrected chi connectivity index (χ3v) is 15.5. The zero-order valence-electron chi connectivity index (χ0n) is 58.3. The quantitative estimate of drug-likeness (QED) is 0.0277. The Morgan fingerprint density at radius 3 is 0.413 bits per heavy atom. The van der Waals surface area contributed by atoms with E-state index < -0.39 is 0 Å². The molecule has 0 heterocycles. The molecule has 0 N–H and O–H groups in total. The molecule has 10 nitrogen and oxygen atoms in total. The molecule has 92 heavy (non-hydrogen) atoms. The Kier molecular flexibility index (Phi) is 36.8. The Labute approximate surface area is 556 Å². The molecule has 0 atom stereocenters. The van der Waals surface area contributed by atoms with Gasteiger partial charge in [0.1, 0.15) is 0 Å². The van der Waals surface area contributed by atoms with Gasteiger partial charge in [0.2, 0.25) is 0 Å². The summed E-state index contributed by atoms with van der Waals surface area (Å²) in [7, 11) is 0. The standard InChI is InChI=1S/C82H114O10/c1-13-25-53-83-73-63(23-11)35-37-65(75(73)85-55-27-15-3)39-41-67-43-45-69(79(89-59-31-19-7)77(67)87-57-29-17-5)47-49-71-51-52-72(82(92-62-34-22-10)81(71)91-61-33-21-9)50-48-70-46-44-68(78(88-58-30-18-6)80(70)90-60-32-20-8)42-40-66-38-36-64(24-12)74(84-54-26-14-2)76(66)86-56-28-16-4/h23-24,35-52H,11-22,25-34,53-62H2,1-10H3/b41-39+,42-40+,49-47+,50-48+. The molecule has 0 aliphatic rings. The molecule has 0 fully saturated rings. The van der Waals surface area contributed by atoms with Crippen LogP contribution in [-0.2, 0) is 0 Å². The van der Waals surface area contributed by atoms with Crippen molar-refractivity contribution in [1.29, 1.82) is 0 Å². The fraction of sp³-hybridized carbons (Fsp3) is 0.488. The van der Waals surface area contributed by atoms with Crippen LogP contribution >= 0.6 is 0 Å². The predicted octanol–water partition coefficient (Wildman–Crippen LogP) is 23.4. The molecule has 0 unspecified atom stereocenters. The minimum Gasteiger partial charge on any atom is -0.489 e. The van der Waals surface area contributed by atoms with Crippen LogP contribution in [0.2, 0.25) is 0 Å². The fourth-order valence-corrected chi connectivity index (χ4v) is 9.73. The molecule has 0 aromatic heterocycles. The molecule has 5 rings (SSSR count). The Morgan fingerprint density at radius 1 is 0.196 bits per heavy atom. The van der Waals surface area contributed by atoms with Gasteiger partial charge in [-0.1, -0.05) is 268 Å². The zero-order chi connectivity index (χ0) is 66.0. The van der Waals surface area contributed by atoms with Gasteiger partial charge in [-0.3, -0.25) is 0 Å². The second-order valence-corrected chi connectivity index (χ2v) is 23.3. The molecular weight excluding hydrogens is 1140 g/mol. The largest absolute Gasteiger partial charge is 0.489 e. The van der Waals surface area contributed by atoms with Crippen molar-refractivity contribution in [2.45, 2.75) is 198 Å². The first kappa shape index (κ1) is 75.3. The van der Waals surface area contributed by atoms with Gasteiger partial charge in [0.15, 0.2) is 57.5 Å². The van der Waals surface area contributed by atoms with Crippen molar-refractivity contribution in [3.63, 3.8) is 0 Å². The van der Waals surface area contributed by atoms with E-state index in [1.165, 1.54) is 0 Å². The first-order valence-electron chi connectivity index (χ1n) is 35.3. The van der Waals surface area contributed by atoms with E-state index in [4.69, 9.17) is 47.4 Å². The topological polar surface area (TPSA) is 92.3 Å². The van der Waals surface area contributed by atoms with Crippen LogP contribution in [-0.4, -0.2) is 66.1 Å². The maximum atomic E-state index is 6.85. The smallest absolute Gasteiger partial charge is 0.168 e. The minimum absolute atomic E-state index is 0.533. The molecule has 5 aromatic rings. The molecule has 0 radical (unpaired) electrons. The first-order chi connectivity index (χ1) is 45.2. The number of ether oxygens (including phenoxy) is 10. The Hall–Kier alpha value is -7.46. The molecule has 0 amide bonds. The fourth-order valence-electron chi connectivity index (χ4n) is 9.73. The highest BCUT2D eigenvalue weighted by Gasteiger charge is 2.22. The van der Waals surface area contributed by atoms with E-state index in [0.717, 1.165) is 207 Å². The van der Waals surface area contributed by atoms with Crippen LogP contribution in [0, 0.1) is 0 Å². The monoisotopic (exact) mass is 1260 g/mol. The van der Waals surface area contributed by atoms with Gasteiger partial charge in [0.05, 0.1) is 66.1 Å². The molecule has 10 heteroatoms. The third kappa shape index (κ3) is 23.9. The van der Waals surface area contributed by atoms with E-state index in [0.29, 0.717) is 101 Å². The lowest BCUT2D eigenvalue weighted by Crippen LogP contribution is -2.06. The lowest BCUT2D eigenvalue weighted by Gasteiger charge is -2.20. The van der Waals surface area contributed by atoms with E-state index in [-0.39, 0.29) is 0 Å². The summed E-state index contributed by atoms with van der Waals surface area (Å²) in [5.74, 6) is 7.11. The summed E-state index contributed by atoms with van der Waals surface area (Å²) in [5.41, 5.74) is 9.03. The Balaban J connectivity index is 1.68. The maximum Gasteiger partial charge on any atom is 0.168 e. The Morgan fingerprint density at radius 2 is 0.304 bits per heavy atom. The van der Waals surface area contributed by atoms with Gasteiger partial charge in [0.25, 0.3) is 0 Å². The summed E-state index contributed by atoms with van der Waals surface area (Å²) in [6.45, 7) is 35.6. The van der Waals surface area contributed by atoms with Crippen molar-refractivity contribution in [2.75, 3.05) is 66.1 Å². The lowest BCUT2D eigenvalue weighted by molar-refractivity contribution is 0.261. The zero-order valence-corrected chi connectivity index (χ0v) is 58.3. The van der Waals surface area contributed by atoms with E-state index >= 15 is 0 Å². The third-order valence-electron chi connectivity index (χ3n) is 15.5. The van der Waals surface area contributed by atoms with Gasteiger partial charge >= 0.3 is 0 Å². The van der Waals surface area contributed by atoms with Crippen molar-refractivity contribution in [3.05, 3.63) is 129 Å². The second-order valence-electron chi connectivity index (χ2n) is 23.3. The van der Waals surface area contributed by atoms with Crippen molar-refractivity contribution in [1.82, 2.24) is 0 Å². The van der Waals surface area contributed by atoms with E-state index in [1.54, 1.807) is 0 Å². The van der Waals surface area contributed by atoms with Crippen LogP contribution in [0.15, 0.2) is 73.8 Å². The van der Waals surface area contributed by atoms with Crippen LogP contribution in [0.3, 0.4) is 0 Å². The van der Waals surface area contributed by atoms with Crippen molar-refractivity contribution >= 4 is 60.8 Å². The van der Waals surface area contributed by atoms with Crippen molar-refractivity contribution < 1.29 is 47.4 Å². The number of hydrogen-bond acceptors (Lipinski definition) is 10. The van der Waals surface area contributed by atoms with Crippen LogP contribution < -0.4 is 47.4 Å². The summed E-state index contributed by atoms with van der Waals surface area (Å²) < 4.78 is 66.8. The van der Waals surface area contributed by atoms with Gasteiger partial charge in [-0.05, 0) is 64.2 Å². The maximum absolute atomic E-state index is 6.85. The molecule has 0 bridgehead atoms. The summed E-state index contributed by atoms with van der Waals surface area (Å²) in [5, 5.41) is 0. The van der Waals surface area contributed by atoms with Crippen LogP contribution in [0.5, 0.6) is 57.5 Å².